The molecule has 1 aromatic carbocycles. The first-order chi connectivity index (χ1) is 12.5. The summed E-state index contributed by atoms with van der Waals surface area (Å²) in [4.78, 5) is 42.0. The molecule has 140 valence electrons. The molecule has 7 nitrogen and oxygen atoms in total. The smallest absolute Gasteiger partial charge is 0.238 e. The summed E-state index contributed by atoms with van der Waals surface area (Å²) in [6.45, 7) is 4.83. The molecule has 2 aliphatic heterocycles. The summed E-state index contributed by atoms with van der Waals surface area (Å²) in [5.74, 6) is -0.150. The number of carbonyl (C=O) groups is 3. The molecular formula is C19H26N4O3. The molecule has 1 aromatic rings. The van der Waals surface area contributed by atoms with Crippen LogP contribution >= 0.6 is 0 Å². The molecule has 0 saturated carbocycles. The van der Waals surface area contributed by atoms with Crippen molar-refractivity contribution in [3.63, 3.8) is 0 Å². The number of hydrogen-bond donors (Lipinski definition) is 1. The number of likely N-dealkylation sites (tertiary alicyclic amines) is 1. The number of carbonyl (C=O) groups excluding carboxylic acids is 3. The van der Waals surface area contributed by atoms with Crippen molar-refractivity contribution in [1.82, 2.24) is 20.0 Å². The second-order valence-corrected chi connectivity index (χ2v) is 6.99. The molecule has 2 heterocycles. The zero-order valence-corrected chi connectivity index (χ0v) is 15.4. The molecule has 0 aromatic heterocycles. The standard InChI is InChI=1S/C19H26N4O3/c1-14(24)23-11-16(12-23)19(26)22-9-8-21(17(13-22)18(25)20-2)10-15-6-4-3-5-7-15/h3-7,16-17H,8-13H2,1-2H3,(H,20,25). The maximum Gasteiger partial charge on any atom is 0.238 e. The van der Waals surface area contributed by atoms with Crippen LogP contribution in [0.15, 0.2) is 30.3 Å². The van der Waals surface area contributed by atoms with Gasteiger partial charge in [0.05, 0.1) is 5.92 Å². The minimum absolute atomic E-state index is 0.00460. The largest absolute Gasteiger partial charge is 0.358 e. The molecule has 0 bridgehead atoms. The summed E-state index contributed by atoms with van der Waals surface area (Å²) in [7, 11) is 1.63. The number of nitrogens with zero attached hydrogens (tertiary/aromatic N) is 3. The van der Waals surface area contributed by atoms with Gasteiger partial charge < -0.3 is 15.1 Å². The van der Waals surface area contributed by atoms with Crippen LogP contribution in [0.5, 0.6) is 0 Å². The number of likely N-dealkylation sites (N-methyl/N-ethyl adjacent to an activating group) is 1. The van der Waals surface area contributed by atoms with E-state index < -0.39 is 0 Å². The summed E-state index contributed by atoms with van der Waals surface area (Å²) in [6, 6.07) is 9.68. The topological polar surface area (TPSA) is 73.0 Å². The SMILES string of the molecule is CNC(=O)C1CN(C(=O)C2CN(C(C)=O)C2)CCN1Cc1ccccc1. The Bertz CT molecular complexity index is 673. The van der Waals surface area contributed by atoms with Crippen molar-refractivity contribution in [2.45, 2.75) is 19.5 Å². The molecule has 26 heavy (non-hydrogen) atoms. The maximum absolute atomic E-state index is 12.7. The van der Waals surface area contributed by atoms with Crippen molar-refractivity contribution < 1.29 is 14.4 Å². The Morgan fingerprint density at radius 1 is 1.04 bits per heavy atom. The zero-order valence-electron chi connectivity index (χ0n) is 15.4. The van der Waals surface area contributed by atoms with Gasteiger partial charge >= 0.3 is 0 Å². The summed E-state index contributed by atoms with van der Waals surface area (Å²) in [5, 5.41) is 2.72. The Morgan fingerprint density at radius 2 is 1.73 bits per heavy atom. The predicted octanol–water partition coefficient (Wildman–Crippen LogP) is -0.0763. The van der Waals surface area contributed by atoms with Crippen molar-refractivity contribution in [3.05, 3.63) is 35.9 Å². The second-order valence-electron chi connectivity index (χ2n) is 6.99. The van der Waals surface area contributed by atoms with Gasteiger partial charge in [-0.25, -0.2) is 0 Å². The van der Waals surface area contributed by atoms with E-state index in [1.807, 2.05) is 30.3 Å². The van der Waals surface area contributed by atoms with E-state index in [0.717, 1.165) is 5.56 Å². The van der Waals surface area contributed by atoms with E-state index in [4.69, 9.17) is 0 Å². The lowest BCUT2D eigenvalue weighted by Gasteiger charge is -2.44. The quantitative estimate of drug-likeness (QED) is 0.817. The average Bonchev–Trinajstić information content (AvgIpc) is 2.60. The lowest BCUT2D eigenvalue weighted by atomic mass is 9.97. The monoisotopic (exact) mass is 358 g/mol. The van der Waals surface area contributed by atoms with E-state index in [1.54, 1.807) is 16.8 Å². The van der Waals surface area contributed by atoms with Gasteiger partial charge in [0.25, 0.3) is 0 Å². The van der Waals surface area contributed by atoms with E-state index in [9.17, 15) is 14.4 Å². The number of benzene rings is 1. The molecule has 3 rings (SSSR count). The van der Waals surface area contributed by atoms with E-state index >= 15 is 0 Å². The highest BCUT2D eigenvalue weighted by Crippen LogP contribution is 2.21. The summed E-state index contributed by atoms with van der Waals surface area (Å²) < 4.78 is 0. The lowest BCUT2D eigenvalue weighted by Crippen LogP contribution is -2.63. The van der Waals surface area contributed by atoms with Crippen LogP contribution < -0.4 is 5.32 Å². The minimum atomic E-state index is -0.359. The van der Waals surface area contributed by atoms with Gasteiger partial charge in [0.15, 0.2) is 0 Å². The van der Waals surface area contributed by atoms with Gasteiger partial charge in [0, 0.05) is 53.2 Å². The Balaban J connectivity index is 1.63. The van der Waals surface area contributed by atoms with E-state index in [1.165, 1.54) is 6.92 Å². The molecule has 1 atom stereocenters. The van der Waals surface area contributed by atoms with Crippen molar-refractivity contribution in [2.24, 2.45) is 5.92 Å². The fraction of sp³-hybridized carbons (Fsp3) is 0.526. The molecule has 1 N–H and O–H groups in total. The lowest BCUT2D eigenvalue weighted by molar-refractivity contribution is -0.150. The highest BCUT2D eigenvalue weighted by Gasteiger charge is 2.40. The van der Waals surface area contributed by atoms with Crippen LogP contribution in [-0.4, -0.2) is 78.2 Å². The van der Waals surface area contributed by atoms with Crippen LogP contribution in [0.2, 0.25) is 0 Å². The molecule has 0 radical (unpaired) electrons. The average molecular weight is 358 g/mol. The first-order valence-corrected chi connectivity index (χ1v) is 9.03. The van der Waals surface area contributed by atoms with Gasteiger partial charge in [-0.1, -0.05) is 30.3 Å². The van der Waals surface area contributed by atoms with Gasteiger partial charge in [0.2, 0.25) is 17.7 Å². The zero-order chi connectivity index (χ0) is 18.7. The Morgan fingerprint density at radius 3 is 2.35 bits per heavy atom. The molecule has 0 spiro atoms. The first-order valence-electron chi connectivity index (χ1n) is 9.03. The van der Waals surface area contributed by atoms with E-state index in [-0.39, 0.29) is 29.7 Å². The van der Waals surface area contributed by atoms with Crippen LogP contribution in [0.1, 0.15) is 12.5 Å². The van der Waals surface area contributed by atoms with Crippen LogP contribution in [0, 0.1) is 5.92 Å². The maximum atomic E-state index is 12.7. The molecule has 3 amide bonds. The Labute approximate surface area is 153 Å². The fourth-order valence-corrected chi connectivity index (χ4v) is 3.59. The van der Waals surface area contributed by atoms with Gasteiger partial charge in [-0.2, -0.15) is 0 Å². The van der Waals surface area contributed by atoms with Crippen molar-refractivity contribution in [2.75, 3.05) is 39.8 Å². The number of piperazine rings is 1. The van der Waals surface area contributed by atoms with Gasteiger partial charge in [-0.3, -0.25) is 19.3 Å². The number of hydrogen-bond acceptors (Lipinski definition) is 4. The molecule has 2 saturated heterocycles. The van der Waals surface area contributed by atoms with Crippen LogP contribution in [0.4, 0.5) is 0 Å². The van der Waals surface area contributed by atoms with E-state index in [0.29, 0.717) is 39.3 Å². The second kappa shape index (κ2) is 7.86. The Hall–Kier alpha value is -2.41. The highest BCUT2D eigenvalue weighted by molar-refractivity contribution is 5.86. The van der Waals surface area contributed by atoms with Crippen LogP contribution in [0.25, 0.3) is 0 Å². The minimum Gasteiger partial charge on any atom is -0.358 e. The molecular weight excluding hydrogens is 332 g/mol. The van der Waals surface area contributed by atoms with Crippen molar-refractivity contribution >= 4 is 17.7 Å². The summed E-state index contributed by atoms with van der Waals surface area (Å²) in [6.07, 6.45) is 0. The fourth-order valence-electron chi connectivity index (χ4n) is 3.59. The normalized spacial score (nSPS) is 21.2. The van der Waals surface area contributed by atoms with Crippen molar-refractivity contribution in [3.8, 4) is 0 Å². The molecule has 7 heteroatoms. The van der Waals surface area contributed by atoms with Gasteiger partial charge in [-0.15, -0.1) is 0 Å². The van der Waals surface area contributed by atoms with Crippen LogP contribution in [0.3, 0.4) is 0 Å². The highest BCUT2D eigenvalue weighted by atomic mass is 16.2. The van der Waals surface area contributed by atoms with Crippen molar-refractivity contribution in [1.29, 1.82) is 0 Å². The number of amides is 3. The third-order valence-electron chi connectivity index (χ3n) is 5.26. The van der Waals surface area contributed by atoms with E-state index in [2.05, 4.69) is 10.2 Å². The molecule has 0 aliphatic carbocycles. The molecule has 2 aliphatic rings. The molecule has 2 fully saturated rings. The third-order valence-corrected chi connectivity index (χ3v) is 5.26. The molecule has 1 unspecified atom stereocenters. The number of rotatable bonds is 4. The number of nitrogens with one attached hydrogen (secondary N) is 1. The van der Waals surface area contributed by atoms with Crippen LogP contribution in [-0.2, 0) is 20.9 Å². The predicted molar refractivity (Wildman–Crippen MR) is 97.0 cm³/mol. The summed E-state index contributed by atoms with van der Waals surface area (Å²) in [5.41, 5.74) is 1.15. The van der Waals surface area contributed by atoms with Gasteiger partial charge in [0.1, 0.15) is 6.04 Å². The summed E-state index contributed by atoms with van der Waals surface area (Å²) >= 11 is 0. The van der Waals surface area contributed by atoms with Gasteiger partial charge in [-0.05, 0) is 5.56 Å². The first kappa shape index (κ1) is 18.4. The third kappa shape index (κ3) is 3.88. The Kier molecular flexibility index (Phi) is 5.56.